The predicted molar refractivity (Wildman–Crippen MR) is 96.6 cm³/mol. The molecule has 0 saturated carbocycles. The first kappa shape index (κ1) is 14.9. The second-order valence-electron chi connectivity index (χ2n) is 6.41. The topological polar surface area (TPSA) is 88.8 Å². The van der Waals surface area contributed by atoms with Gasteiger partial charge in [0.15, 0.2) is 5.65 Å². The molecular formula is C18H16N6O2. The monoisotopic (exact) mass is 348 g/mol. The van der Waals surface area contributed by atoms with Crippen LogP contribution in [0.25, 0.3) is 27.6 Å². The average molecular weight is 348 g/mol. The lowest BCUT2D eigenvalue weighted by Gasteiger charge is -2.14. The first-order chi connectivity index (χ1) is 12.7. The number of para-hydroxylation sites is 1. The highest BCUT2D eigenvalue weighted by Gasteiger charge is 2.23. The van der Waals surface area contributed by atoms with Crippen LogP contribution in [0.3, 0.4) is 0 Å². The van der Waals surface area contributed by atoms with E-state index in [0.29, 0.717) is 21.9 Å². The first-order valence-electron chi connectivity index (χ1n) is 8.56. The van der Waals surface area contributed by atoms with Crippen molar-refractivity contribution in [1.29, 1.82) is 0 Å². The standard InChI is InChI=1S/C18H16N6O2/c25-17-14-10-19-16-13(11-20-24(16)18(26)22-8-4-5-9-22)15(14)21-23(17)12-6-2-1-3-7-12/h1-3,6-7,10-11,21H,4-5,8-9H2. The number of aromatic nitrogens is 5. The molecule has 4 heterocycles. The Hall–Kier alpha value is -3.42. The zero-order chi connectivity index (χ0) is 17.7. The molecule has 1 amide bonds. The van der Waals surface area contributed by atoms with E-state index in [2.05, 4.69) is 15.2 Å². The molecule has 0 aliphatic carbocycles. The van der Waals surface area contributed by atoms with E-state index in [9.17, 15) is 9.59 Å². The number of rotatable bonds is 1. The van der Waals surface area contributed by atoms with Crippen LogP contribution in [0.5, 0.6) is 0 Å². The summed E-state index contributed by atoms with van der Waals surface area (Å²) in [5, 5.41) is 8.49. The maximum Gasteiger partial charge on any atom is 0.346 e. The Bertz CT molecular complexity index is 1180. The van der Waals surface area contributed by atoms with E-state index in [1.54, 1.807) is 11.1 Å². The molecule has 0 bridgehead atoms. The van der Waals surface area contributed by atoms with Crippen molar-refractivity contribution in [2.45, 2.75) is 12.8 Å². The molecular weight excluding hydrogens is 332 g/mol. The van der Waals surface area contributed by atoms with Gasteiger partial charge in [-0.3, -0.25) is 9.89 Å². The molecule has 0 atom stereocenters. The van der Waals surface area contributed by atoms with Gasteiger partial charge in [-0.15, -0.1) is 0 Å². The van der Waals surface area contributed by atoms with E-state index in [1.807, 2.05) is 30.3 Å². The van der Waals surface area contributed by atoms with Crippen LogP contribution in [0.2, 0.25) is 0 Å². The van der Waals surface area contributed by atoms with Crippen LogP contribution in [-0.4, -0.2) is 48.6 Å². The van der Waals surface area contributed by atoms with Gasteiger partial charge in [-0.05, 0) is 25.0 Å². The number of nitrogens with zero attached hydrogens (tertiary/aromatic N) is 5. The molecule has 8 heteroatoms. The maximum absolute atomic E-state index is 12.7. The van der Waals surface area contributed by atoms with E-state index in [-0.39, 0.29) is 11.6 Å². The fourth-order valence-electron chi connectivity index (χ4n) is 3.48. The number of fused-ring (bicyclic) bond motifs is 3. The number of benzene rings is 1. The molecule has 8 nitrogen and oxygen atoms in total. The number of amides is 1. The number of pyridine rings is 1. The zero-order valence-electron chi connectivity index (χ0n) is 13.9. The van der Waals surface area contributed by atoms with Crippen LogP contribution in [0, 0.1) is 0 Å². The molecule has 1 N–H and O–H groups in total. The molecule has 130 valence electrons. The van der Waals surface area contributed by atoms with Gasteiger partial charge in [0.25, 0.3) is 5.56 Å². The van der Waals surface area contributed by atoms with Crippen molar-refractivity contribution in [2.24, 2.45) is 0 Å². The lowest BCUT2D eigenvalue weighted by Crippen LogP contribution is -2.32. The summed E-state index contributed by atoms with van der Waals surface area (Å²) in [6.07, 6.45) is 5.11. The Morgan fingerprint density at radius 3 is 2.58 bits per heavy atom. The highest BCUT2D eigenvalue weighted by Crippen LogP contribution is 2.21. The molecule has 0 unspecified atom stereocenters. The number of hydrogen-bond acceptors (Lipinski definition) is 4. The van der Waals surface area contributed by atoms with Crippen molar-refractivity contribution in [3.63, 3.8) is 0 Å². The number of nitrogens with one attached hydrogen (secondary N) is 1. The van der Waals surface area contributed by atoms with Crippen molar-refractivity contribution in [3.8, 4) is 5.69 Å². The Morgan fingerprint density at radius 2 is 1.81 bits per heavy atom. The van der Waals surface area contributed by atoms with Crippen molar-refractivity contribution in [3.05, 3.63) is 53.1 Å². The third-order valence-corrected chi connectivity index (χ3v) is 4.83. The van der Waals surface area contributed by atoms with Crippen LogP contribution in [0.4, 0.5) is 4.79 Å². The lowest BCUT2D eigenvalue weighted by atomic mass is 10.2. The Balaban J connectivity index is 1.69. The van der Waals surface area contributed by atoms with E-state index in [1.165, 1.54) is 15.6 Å². The summed E-state index contributed by atoms with van der Waals surface area (Å²) in [5.41, 5.74) is 1.64. The van der Waals surface area contributed by atoms with Gasteiger partial charge in [0.1, 0.15) is 0 Å². The summed E-state index contributed by atoms with van der Waals surface area (Å²) in [6.45, 7) is 1.48. The van der Waals surface area contributed by atoms with E-state index in [0.717, 1.165) is 31.6 Å². The molecule has 5 rings (SSSR count). The number of H-pyrrole nitrogens is 1. The minimum absolute atomic E-state index is 0.172. The summed E-state index contributed by atoms with van der Waals surface area (Å²) in [6, 6.07) is 9.16. The van der Waals surface area contributed by atoms with Gasteiger partial charge in [-0.2, -0.15) is 9.78 Å². The van der Waals surface area contributed by atoms with Gasteiger partial charge in [0, 0.05) is 19.3 Å². The summed E-state index contributed by atoms with van der Waals surface area (Å²) in [5.74, 6) is 0. The van der Waals surface area contributed by atoms with Crippen LogP contribution in [0.15, 0.2) is 47.5 Å². The molecule has 0 spiro atoms. The molecule has 3 aromatic heterocycles. The summed E-state index contributed by atoms with van der Waals surface area (Å²) < 4.78 is 2.80. The molecule has 1 aromatic carbocycles. The number of likely N-dealkylation sites (tertiary alicyclic amines) is 1. The van der Waals surface area contributed by atoms with Crippen LogP contribution in [-0.2, 0) is 0 Å². The smallest absolute Gasteiger partial charge is 0.323 e. The molecule has 4 aromatic rings. The minimum Gasteiger partial charge on any atom is -0.323 e. The Labute approximate surface area is 147 Å². The zero-order valence-corrected chi connectivity index (χ0v) is 13.9. The molecule has 1 aliphatic heterocycles. The number of hydrogen-bond donors (Lipinski definition) is 1. The van der Waals surface area contributed by atoms with Crippen LogP contribution < -0.4 is 5.56 Å². The Morgan fingerprint density at radius 1 is 1.04 bits per heavy atom. The molecule has 26 heavy (non-hydrogen) atoms. The van der Waals surface area contributed by atoms with Crippen molar-refractivity contribution in [2.75, 3.05) is 13.1 Å². The number of carbonyl (C=O) groups is 1. The highest BCUT2D eigenvalue weighted by atomic mass is 16.2. The third kappa shape index (κ3) is 2.08. The lowest BCUT2D eigenvalue weighted by molar-refractivity contribution is 0.208. The van der Waals surface area contributed by atoms with Crippen LogP contribution in [0.1, 0.15) is 12.8 Å². The summed E-state index contributed by atoms with van der Waals surface area (Å²) in [4.78, 5) is 31.5. The van der Waals surface area contributed by atoms with Crippen molar-refractivity contribution in [1.82, 2.24) is 29.4 Å². The molecule has 1 aliphatic rings. The first-order valence-corrected chi connectivity index (χ1v) is 8.56. The fourth-order valence-corrected chi connectivity index (χ4v) is 3.48. The molecule has 1 fully saturated rings. The second kappa shape index (κ2) is 5.55. The minimum atomic E-state index is -0.181. The van der Waals surface area contributed by atoms with Gasteiger partial charge in [0.2, 0.25) is 0 Å². The van der Waals surface area contributed by atoms with E-state index < -0.39 is 0 Å². The second-order valence-corrected chi connectivity index (χ2v) is 6.41. The van der Waals surface area contributed by atoms with Gasteiger partial charge in [-0.1, -0.05) is 18.2 Å². The SMILES string of the molecule is O=C(N1CCCC1)n1ncc2c3[nH]n(-c4ccccc4)c(=O)c3cnc21. The third-order valence-electron chi connectivity index (χ3n) is 4.83. The molecule has 1 saturated heterocycles. The maximum atomic E-state index is 12.7. The summed E-state index contributed by atoms with van der Waals surface area (Å²) >= 11 is 0. The van der Waals surface area contributed by atoms with E-state index >= 15 is 0 Å². The predicted octanol–water partition coefficient (Wildman–Crippen LogP) is 2.13. The normalized spacial score (nSPS) is 14.5. The van der Waals surface area contributed by atoms with Gasteiger partial charge in [-0.25, -0.2) is 14.5 Å². The van der Waals surface area contributed by atoms with Gasteiger partial charge < -0.3 is 4.90 Å². The largest absolute Gasteiger partial charge is 0.346 e. The number of aromatic amines is 1. The quantitative estimate of drug-likeness (QED) is 0.571. The fraction of sp³-hybridized carbons (Fsp3) is 0.222. The van der Waals surface area contributed by atoms with Gasteiger partial charge in [0.05, 0.1) is 28.2 Å². The van der Waals surface area contributed by atoms with E-state index in [4.69, 9.17) is 0 Å². The molecule has 0 radical (unpaired) electrons. The Kier molecular flexibility index (Phi) is 3.18. The van der Waals surface area contributed by atoms with Crippen molar-refractivity contribution < 1.29 is 4.79 Å². The average Bonchev–Trinajstić information content (AvgIpc) is 3.40. The van der Waals surface area contributed by atoms with Gasteiger partial charge >= 0.3 is 6.03 Å². The van der Waals surface area contributed by atoms with Crippen molar-refractivity contribution >= 4 is 28.0 Å². The number of carbonyl (C=O) groups excluding carboxylic acids is 1. The highest BCUT2D eigenvalue weighted by molar-refractivity contribution is 6.03. The summed E-state index contributed by atoms with van der Waals surface area (Å²) in [7, 11) is 0. The van der Waals surface area contributed by atoms with Crippen LogP contribution >= 0.6 is 0 Å².